The number of phenolic OH excluding ortho intramolecular Hbond substituents is 1. The number of hydrogen-bond donors (Lipinski definition) is 1. The van der Waals surface area contributed by atoms with Crippen molar-refractivity contribution in [3.05, 3.63) is 84.7 Å². The van der Waals surface area contributed by atoms with Crippen LogP contribution in [0.1, 0.15) is 0 Å². The van der Waals surface area contributed by atoms with Crippen molar-refractivity contribution < 1.29 is 14.1 Å². The van der Waals surface area contributed by atoms with E-state index in [1.807, 2.05) is 18.2 Å². The smallest absolute Gasteiger partial charge is 0.171 e. The van der Waals surface area contributed by atoms with E-state index >= 15 is 0 Å². The van der Waals surface area contributed by atoms with Gasteiger partial charge >= 0.3 is 0 Å². The Morgan fingerprint density at radius 3 is 1.68 bits per heavy atom. The fraction of sp³-hybridized carbons (Fsp3) is 0. The van der Waals surface area contributed by atoms with E-state index in [4.69, 9.17) is 0 Å². The maximum absolute atomic E-state index is 13.8. The van der Waals surface area contributed by atoms with Crippen LogP contribution >= 0.6 is 7.14 Å². The topological polar surface area (TPSA) is 37.3 Å². The molecule has 0 radical (unpaired) electrons. The van der Waals surface area contributed by atoms with Crippen LogP contribution in [0.2, 0.25) is 0 Å². The molecule has 22 heavy (non-hydrogen) atoms. The van der Waals surface area contributed by atoms with Crippen molar-refractivity contribution in [3.8, 4) is 5.75 Å². The van der Waals surface area contributed by atoms with Crippen LogP contribution in [-0.4, -0.2) is 5.11 Å². The van der Waals surface area contributed by atoms with Crippen molar-refractivity contribution in [1.82, 2.24) is 0 Å². The fourth-order valence-electron chi connectivity index (χ4n) is 2.40. The lowest BCUT2D eigenvalue weighted by molar-refractivity contribution is 0.475. The summed E-state index contributed by atoms with van der Waals surface area (Å²) in [5.74, 6) is -0.253. The van der Waals surface area contributed by atoms with Gasteiger partial charge in [-0.2, -0.15) is 0 Å². The maximum atomic E-state index is 13.8. The normalized spacial score (nSPS) is 13.5. The summed E-state index contributed by atoms with van der Waals surface area (Å²) in [6.07, 6.45) is 0. The molecule has 0 fully saturated rings. The summed E-state index contributed by atoms with van der Waals surface area (Å²) < 4.78 is 27.0. The van der Waals surface area contributed by atoms with Gasteiger partial charge in [-0.05, 0) is 48.5 Å². The summed E-state index contributed by atoms with van der Waals surface area (Å²) in [7, 11) is -3.09. The van der Waals surface area contributed by atoms with Crippen molar-refractivity contribution in [2.75, 3.05) is 0 Å². The monoisotopic (exact) mass is 312 g/mol. The summed E-state index contributed by atoms with van der Waals surface area (Å²) in [5.41, 5.74) is 0. The van der Waals surface area contributed by atoms with E-state index in [1.54, 1.807) is 36.4 Å². The van der Waals surface area contributed by atoms with Gasteiger partial charge in [0.2, 0.25) is 0 Å². The van der Waals surface area contributed by atoms with Crippen LogP contribution in [0.5, 0.6) is 5.75 Å². The molecular weight excluding hydrogens is 298 g/mol. The van der Waals surface area contributed by atoms with E-state index in [9.17, 15) is 14.1 Å². The highest BCUT2D eigenvalue weighted by Gasteiger charge is 2.29. The molecule has 1 atom stereocenters. The van der Waals surface area contributed by atoms with Gasteiger partial charge in [-0.25, -0.2) is 4.39 Å². The summed E-state index contributed by atoms with van der Waals surface area (Å²) in [4.78, 5) is 0. The molecule has 1 N–H and O–H groups in total. The van der Waals surface area contributed by atoms with Gasteiger partial charge in [-0.15, -0.1) is 0 Å². The summed E-state index contributed by atoms with van der Waals surface area (Å²) in [5, 5.41) is 11.3. The zero-order valence-electron chi connectivity index (χ0n) is 11.7. The highest BCUT2D eigenvalue weighted by Crippen LogP contribution is 2.42. The van der Waals surface area contributed by atoms with E-state index in [0.717, 1.165) is 0 Å². The largest absolute Gasteiger partial charge is 0.508 e. The minimum absolute atomic E-state index is 0.113. The average Bonchev–Trinajstić information content (AvgIpc) is 2.56. The van der Waals surface area contributed by atoms with Crippen LogP contribution in [0, 0.1) is 5.82 Å². The number of aromatic hydroxyl groups is 1. The first-order valence-electron chi connectivity index (χ1n) is 6.82. The van der Waals surface area contributed by atoms with Crippen molar-refractivity contribution in [1.29, 1.82) is 0 Å². The van der Waals surface area contributed by atoms with E-state index in [1.165, 1.54) is 24.3 Å². The third-order valence-corrected chi connectivity index (χ3v) is 6.60. The molecule has 3 rings (SSSR count). The molecule has 0 spiro atoms. The zero-order chi connectivity index (χ0) is 15.6. The van der Waals surface area contributed by atoms with E-state index < -0.39 is 7.14 Å². The Hall–Kier alpha value is -2.38. The van der Waals surface area contributed by atoms with Gasteiger partial charge in [0, 0.05) is 15.9 Å². The highest BCUT2D eigenvalue weighted by molar-refractivity contribution is 7.85. The minimum atomic E-state index is -3.09. The van der Waals surface area contributed by atoms with E-state index in [2.05, 4.69) is 0 Å². The lowest BCUT2D eigenvalue weighted by Crippen LogP contribution is -2.24. The van der Waals surface area contributed by atoms with Gasteiger partial charge in [0.05, 0.1) is 0 Å². The number of hydrogen-bond acceptors (Lipinski definition) is 2. The molecule has 3 aromatic carbocycles. The molecule has 0 aliphatic carbocycles. The first kappa shape index (κ1) is 14.6. The molecule has 2 nitrogen and oxygen atoms in total. The van der Waals surface area contributed by atoms with Gasteiger partial charge in [0.15, 0.2) is 7.14 Å². The fourth-order valence-corrected chi connectivity index (χ4v) is 5.02. The van der Waals surface area contributed by atoms with Gasteiger partial charge < -0.3 is 9.67 Å². The molecule has 4 heteroatoms. The second kappa shape index (κ2) is 5.78. The van der Waals surface area contributed by atoms with E-state index in [0.29, 0.717) is 15.9 Å². The van der Waals surface area contributed by atoms with Gasteiger partial charge in [0.25, 0.3) is 0 Å². The first-order chi connectivity index (χ1) is 10.6. The molecule has 0 saturated heterocycles. The molecule has 0 saturated carbocycles. The highest BCUT2D eigenvalue weighted by atomic mass is 31.2. The van der Waals surface area contributed by atoms with Gasteiger partial charge in [-0.3, -0.25) is 0 Å². The molecule has 0 amide bonds. The van der Waals surface area contributed by atoms with Crippen LogP contribution in [0.3, 0.4) is 0 Å². The molecule has 0 aromatic heterocycles. The molecule has 3 aromatic rings. The summed E-state index contributed by atoms with van der Waals surface area (Å²) in [6, 6.07) is 21.1. The molecule has 0 aliphatic heterocycles. The van der Waals surface area contributed by atoms with Crippen molar-refractivity contribution in [2.45, 2.75) is 0 Å². The summed E-state index contributed by atoms with van der Waals surface area (Å²) in [6.45, 7) is 0. The van der Waals surface area contributed by atoms with Crippen LogP contribution < -0.4 is 15.9 Å². The van der Waals surface area contributed by atoms with Gasteiger partial charge in [-0.1, -0.05) is 30.3 Å². The van der Waals surface area contributed by atoms with Crippen molar-refractivity contribution in [3.63, 3.8) is 0 Å². The maximum Gasteiger partial charge on any atom is 0.171 e. The second-order valence-corrected chi connectivity index (χ2v) is 7.71. The standard InChI is InChI=1S/C18H14FO2P/c19-14-6-10-17(11-7-14)22(21,16-4-2-1-3-5-16)18-12-8-15(20)9-13-18/h1-13,20H. The molecule has 1 unspecified atom stereocenters. The van der Waals surface area contributed by atoms with Crippen LogP contribution in [0.15, 0.2) is 78.9 Å². The lowest BCUT2D eigenvalue weighted by atomic mass is 10.3. The molecule has 110 valence electrons. The Balaban J connectivity index is 2.25. The minimum Gasteiger partial charge on any atom is -0.508 e. The Morgan fingerprint density at radius 1 is 0.682 bits per heavy atom. The Morgan fingerprint density at radius 2 is 1.14 bits per heavy atom. The summed E-state index contributed by atoms with van der Waals surface area (Å²) >= 11 is 0. The second-order valence-electron chi connectivity index (χ2n) is 4.94. The van der Waals surface area contributed by atoms with Crippen LogP contribution in [-0.2, 0) is 4.57 Å². The van der Waals surface area contributed by atoms with Crippen LogP contribution in [0.4, 0.5) is 4.39 Å². The SMILES string of the molecule is O=P(c1ccccc1)(c1ccc(O)cc1)c1ccc(F)cc1. The van der Waals surface area contributed by atoms with Crippen LogP contribution in [0.25, 0.3) is 0 Å². The van der Waals surface area contributed by atoms with Crippen molar-refractivity contribution in [2.24, 2.45) is 0 Å². The number of halogens is 1. The Kier molecular flexibility index (Phi) is 3.82. The lowest BCUT2D eigenvalue weighted by Gasteiger charge is -2.20. The average molecular weight is 312 g/mol. The van der Waals surface area contributed by atoms with Gasteiger partial charge in [0.1, 0.15) is 11.6 Å². The van der Waals surface area contributed by atoms with Crippen molar-refractivity contribution >= 4 is 23.1 Å². The molecule has 0 heterocycles. The Bertz CT molecular complexity index is 762. The Labute approximate surface area is 128 Å². The molecular formula is C18H14FO2P. The predicted molar refractivity (Wildman–Crippen MR) is 87.5 cm³/mol. The number of benzene rings is 3. The number of phenols is 1. The zero-order valence-corrected chi connectivity index (χ0v) is 12.6. The molecule has 0 bridgehead atoms. The molecule has 0 aliphatic rings. The first-order valence-corrected chi connectivity index (χ1v) is 8.53. The number of rotatable bonds is 3. The quantitative estimate of drug-likeness (QED) is 0.754. The third-order valence-electron chi connectivity index (χ3n) is 3.52. The van der Waals surface area contributed by atoms with E-state index in [-0.39, 0.29) is 11.6 Å². The third kappa shape index (κ3) is 2.56. The predicted octanol–water partition coefficient (Wildman–Crippen LogP) is 3.17.